The highest BCUT2D eigenvalue weighted by Gasteiger charge is 2.24. The van der Waals surface area contributed by atoms with E-state index in [2.05, 4.69) is 64.9 Å². The van der Waals surface area contributed by atoms with Crippen LogP contribution in [0.3, 0.4) is 0 Å². The summed E-state index contributed by atoms with van der Waals surface area (Å²) in [5.41, 5.74) is 8.76. The lowest BCUT2D eigenvalue weighted by atomic mass is 10.1. The molecule has 0 radical (unpaired) electrons. The van der Waals surface area contributed by atoms with Gasteiger partial charge in [-0.05, 0) is 18.9 Å². The lowest BCUT2D eigenvalue weighted by molar-refractivity contribution is -0.895. The maximum atomic E-state index is 6.26. The van der Waals surface area contributed by atoms with Crippen LogP contribution in [0.2, 0.25) is 0 Å². The SMILES string of the molecule is C=C(/C(N)=C(/C=C\CC)NC)N(C)CC(CC)[N+](C)(C)C. The molecular formula is C17H35N4+. The topological polar surface area (TPSA) is 41.3 Å². The summed E-state index contributed by atoms with van der Waals surface area (Å²) in [6, 6.07) is 0.545. The third-order valence-corrected chi connectivity index (χ3v) is 3.90. The molecule has 21 heavy (non-hydrogen) atoms. The van der Waals surface area contributed by atoms with Crippen molar-refractivity contribution in [2.45, 2.75) is 32.7 Å². The van der Waals surface area contributed by atoms with Gasteiger partial charge < -0.3 is 20.4 Å². The second-order valence-electron chi connectivity index (χ2n) is 6.39. The summed E-state index contributed by atoms with van der Waals surface area (Å²) in [5, 5.41) is 3.15. The van der Waals surface area contributed by atoms with Crippen LogP contribution in [0.25, 0.3) is 0 Å². The Bertz CT molecular complexity index is 388. The van der Waals surface area contributed by atoms with Crippen LogP contribution < -0.4 is 11.1 Å². The molecule has 0 saturated carbocycles. The molecule has 0 saturated heterocycles. The van der Waals surface area contributed by atoms with Crippen molar-refractivity contribution in [1.29, 1.82) is 0 Å². The number of rotatable bonds is 9. The second-order valence-corrected chi connectivity index (χ2v) is 6.39. The summed E-state index contributed by atoms with van der Waals surface area (Å²) < 4.78 is 0.937. The summed E-state index contributed by atoms with van der Waals surface area (Å²) in [4.78, 5) is 2.16. The molecule has 0 aromatic rings. The Balaban J connectivity index is 5.06. The molecule has 0 spiro atoms. The summed E-state index contributed by atoms with van der Waals surface area (Å²) >= 11 is 0. The summed E-state index contributed by atoms with van der Waals surface area (Å²) in [6.45, 7) is 9.44. The van der Waals surface area contributed by atoms with Gasteiger partial charge in [-0.25, -0.2) is 0 Å². The molecule has 3 N–H and O–H groups in total. The van der Waals surface area contributed by atoms with Crippen molar-refractivity contribution in [2.75, 3.05) is 41.8 Å². The lowest BCUT2D eigenvalue weighted by Crippen LogP contribution is -2.50. The lowest BCUT2D eigenvalue weighted by Gasteiger charge is -2.37. The first-order valence-electron chi connectivity index (χ1n) is 7.74. The van der Waals surface area contributed by atoms with Crippen LogP contribution in [-0.4, -0.2) is 57.2 Å². The normalized spacial score (nSPS) is 14.8. The largest absolute Gasteiger partial charge is 0.395 e. The maximum absolute atomic E-state index is 6.26. The second kappa shape index (κ2) is 8.78. The van der Waals surface area contributed by atoms with Gasteiger partial charge in [-0.1, -0.05) is 26.5 Å². The Hall–Kier alpha value is -1.42. The smallest absolute Gasteiger partial charge is 0.106 e. The zero-order valence-electron chi connectivity index (χ0n) is 15.0. The van der Waals surface area contributed by atoms with E-state index in [4.69, 9.17) is 5.73 Å². The predicted octanol–water partition coefficient (Wildman–Crippen LogP) is 2.27. The minimum absolute atomic E-state index is 0.545. The van der Waals surface area contributed by atoms with E-state index in [0.717, 1.165) is 35.3 Å². The van der Waals surface area contributed by atoms with Crippen LogP contribution in [-0.2, 0) is 0 Å². The average Bonchev–Trinajstić information content (AvgIpc) is 2.42. The Morgan fingerprint density at radius 2 is 1.90 bits per heavy atom. The van der Waals surface area contributed by atoms with Crippen molar-refractivity contribution in [1.82, 2.24) is 10.2 Å². The molecule has 1 unspecified atom stereocenters. The quantitative estimate of drug-likeness (QED) is 0.506. The zero-order valence-corrected chi connectivity index (χ0v) is 15.0. The third kappa shape index (κ3) is 6.25. The van der Waals surface area contributed by atoms with E-state index in [1.165, 1.54) is 0 Å². The predicted molar refractivity (Wildman–Crippen MR) is 93.6 cm³/mol. The van der Waals surface area contributed by atoms with Gasteiger partial charge in [-0.3, -0.25) is 0 Å². The number of nitrogens with two attached hydrogens (primary N) is 1. The van der Waals surface area contributed by atoms with Gasteiger partial charge in [-0.15, -0.1) is 0 Å². The summed E-state index contributed by atoms with van der Waals surface area (Å²) in [6.07, 6.45) is 6.22. The molecule has 1 atom stereocenters. The first kappa shape index (κ1) is 19.6. The summed E-state index contributed by atoms with van der Waals surface area (Å²) in [7, 11) is 10.6. The average molecular weight is 295 g/mol. The van der Waals surface area contributed by atoms with Gasteiger partial charge in [-0.2, -0.15) is 0 Å². The number of likely N-dealkylation sites (N-methyl/N-ethyl adjacent to an activating group) is 3. The van der Waals surface area contributed by atoms with Gasteiger partial charge in [0.1, 0.15) is 6.04 Å². The Labute approximate surface area is 131 Å². The molecule has 0 aromatic heterocycles. The van der Waals surface area contributed by atoms with Crippen molar-refractivity contribution in [3.63, 3.8) is 0 Å². The molecule has 0 aliphatic carbocycles. The van der Waals surface area contributed by atoms with E-state index in [-0.39, 0.29) is 0 Å². The number of quaternary nitrogens is 1. The maximum Gasteiger partial charge on any atom is 0.106 e. The number of nitrogens with one attached hydrogen (secondary N) is 1. The van der Waals surface area contributed by atoms with Crippen molar-refractivity contribution in [3.8, 4) is 0 Å². The van der Waals surface area contributed by atoms with Gasteiger partial charge in [0.15, 0.2) is 0 Å². The molecule has 0 amide bonds. The monoisotopic (exact) mass is 295 g/mol. The van der Waals surface area contributed by atoms with Crippen LogP contribution >= 0.6 is 0 Å². The molecular weight excluding hydrogens is 260 g/mol. The van der Waals surface area contributed by atoms with Crippen LogP contribution in [0.1, 0.15) is 26.7 Å². The van der Waals surface area contributed by atoms with Crippen LogP contribution in [0, 0.1) is 0 Å². The Morgan fingerprint density at radius 1 is 1.33 bits per heavy atom. The van der Waals surface area contributed by atoms with E-state index >= 15 is 0 Å². The van der Waals surface area contributed by atoms with E-state index in [9.17, 15) is 0 Å². The molecule has 4 nitrogen and oxygen atoms in total. The number of hydrogen-bond acceptors (Lipinski definition) is 3. The molecule has 0 heterocycles. The number of allylic oxidation sites excluding steroid dienone is 2. The fourth-order valence-corrected chi connectivity index (χ4v) is 2.25. The van der Waals surface area contributed by atoms with Crippen molar-refractivity contribution >= 4 is 0 Å². The molecule has 0 bridgehead atoms. The fourth-order valence-electron chi connectivity index (χ4n) is 2.25. The summed E-state index contributed by atoms with van der Waals surface area (Å²) in [5.74, 6) is 0. The molecule has 4 heteroatoms. The number of hydrogen-bond donors (Lipinski definition) is 2. The van der Waals surface area contributed by atoms with Crippen LogP contribution in [0.5, 0.6) is 0 Å². The zero-order chi connectivity index (χ0) is 16.6. The van der Waals surface area contributed by atoms with Gasteiger partial charge in [0, 0.05) is 14.1 Å². The first-order chi connectivity index (χ1) is 9.68. The van der Waals surface area contributed by atoms with Crippen LogP contribution in [0.15, 0.2) is 35.8 Å². The van der Waals surface area contributed by atoms with Crippen LogP contribution in [0.4, 0.5) is 0 Å². The standard InChI is InChI=1S/C17H35N4/c1-9-11-12-16(19-4)17(18)14(3)20(5)13-15(10-2)21(6,7)8/h11-12,15,19H,3,9-10,13,18H2,1-2,4-8H3/q+1/b12-11-,17-16+. The number of nitrogens with zero attached hydrogens (tertiary/aromatic N) is 2. The third-order valence-electron chi connectivity index (χ3n) is 3.90. The minimum atomic E-state index is 0.545. The van der Waals surface area contributed by atoms with Crippen molar-refractivity contribution in [2.24, 2.45) is 5.73 Å². The molecule has 122 valence electrons. The first-order valence-corrected chi connectivity index (χ1v) is 7.74. The molecule has 0 aliphatic heterocycles. The van der Waals surface area contributed by atoms with Gasteiger partial charge in [0.2, 0.25) is 0 Å². The highest BCUT2D eigenvalue weighted by Crippen LogP contribution is 2.15. The highest BCUT2D eigenvalue weighted by molar-refractivity contribution is 5.34. The molecule has 0 rings (SSSR count). The molecule has 0 fully saturated rings. The van der Waals surface area contributed by atoms with E-state index in [1.54, 1.807) is 0 Å². The highest BCUT2D eigenvalue weighted by atomic mass is 15.3. The Kier molecular flexibility index (Phi) is 8.18. The van der Waals surface area contributed by atoms with Gasteiger partial charge >= 0.3 is 0 Å². The Morgan fingerprint density at radius 3 is 2.29 bits per heavy atom. The molecule has 0 aliphatic rings. The van der Waals surface area contributed by atoms with Crippen molar-refractivity contribution < 1.29 is 4.48 Å². The fraction of sp³-hybridized carbons (Fsp3) is 0.647. The molecule has 0 aromatic carbocycles. The van der Waals surface area contributed by atoms with E-state index < -0.39 is 0 Å². The van der Waals surface area contributed by atoms with Gasteiger partial charge in [0.25, 0.3) is 0 Å². The minimum Gasteiger partial charge on any atom is -0.395 e. The van der Waals surface area contributed by atoms with Crippen molar-refractivity contribution in [3.05, 3.63) is 35.8 Å². The van der Waals surface area contributed by atoms with E-state index in [0.29, 0.717) is 11.7 Å². The van der Waals surface area contributed by atoms with E-state index in [1.807, 2.05) is 13.1 Å². The van der Waals surface area contributed by atoms with Gasteiger partial charge in [0.05, 0.1) is 44.8 Å².